The molecule has 65 heavy (non-hydrogen) atoms. The number of hydrogen-bond acceptors (Lipinski definition) is 2. The second-order valence-corrected chi connectivity index (χ2v) is 19.5. The molecule has 0 aliphatic heterocycles. The Kier molecular flexibility index (Phi) is 8.17. The van der Waals surface area contributed by atoms with Crippen LogP contribution >= 0.6 is 0 Å². The highest BCUT2D eigenvalue weighted by atomic mass is 16.3. The number of aromatic nitrogens is 1. The Balaban J connectivity index is 1.00. The Morgan fingerprint density at radius 1 is 0.446 bits per heavy atom. The van der Waals surface area contributed by atoms with E-state index >= 15 is 0 Å². The Morgan fingerprint density at radius 2 is 1.05 bits per heavy atom. The molecule has 4 fully saturated rings. The van der Waals surface area contributed by atoms with Gasteiger partial charge in [-0.2, -0.15) is 0 Å². The van der Waals surface area contributed by atoms with Gasteiger partial charge in [0.2, 0.25) is 0 Å². The van der Waals surface area contributed by atoms with E-state index in [1.54, 1.807) is 5.56 Å². The number of hydrogen-bond donors (Lipinski definition) is 0. The van der Waals surface area contributed by atoms with Gasteiger partial charge in [0.25, 0.3) is 0 Å². The first-order valence-electron chi connectivity index (χ1n) is 23.7. The summed E-state index contributed by atoms with van der Waals surface area (Å²) in [6.45, 7) is 0. The molecule has 4 aliphatic rings. The lowest BCUT2D eigenvalue weighted by atomic mass is 9.48. The summed E-state index contributed by atoms with van der Waals surface area (Å²) in [4.78, 5) is 2.46. The van der Waals surface area contributed by atoms with Crippen LogP contribution in [-0.4, -0.2) is 4.57 Å². The molecule has 0 unspecified atom stereocenters. The van der Waals surface area contributed by atoms with E-state index in [2.05, 4.69) is 210 Å². The van der Waals surface area contributed by atoms with Crippen molar-refractivity contribution in [2.45, 2.75) is 43.9 Å². The van der Waals surface area contributed by atoms with Crippen molar-refractivity contribution in [1.82, 2.24) is 4.57 Å². The van der Waals surface area contributed by atoms with E-state index in [1.165, 1.54) is 99.0 Å². The van der Waals surface area contributed by atoms with E-state index in [9.17, 15) is 0 Å². The second-order valence-electron chi connectivity index (χ2n) is 19.5. The Hall–Kier alpha value is -7.36. The van der Waals surface area contributed by atoms with Crippen LogP contribution in [0.2, 0.25) is 0 Å². The Bertz CT molecular complexity index is 3610. The van der Waals surface area contributed by atoms with Crippen molar-refractivity contribution in [1.29, 1.82) is 0 Å². The SMILES string of the molecule is c1ccc(-c2cccc3cccc(-c4cccc(N(c5ccc6c7ccc(C89CC%10CC(CC(C%10)C8)C9)cc7n(-c7ccccc7)c6c5)c5cccc6oc7ccccc7c56)c4)c23)cc1. The van der Waals surface area contributed by atoms with Gasteiger partial charge in [0.15, 0.2) is 0 Å². The van der Waals surface area contributed by atoms with E-state index in [-0.39, 0.29) is 0 Å². The number of anilines is 3. The zero-order chi connectivity index (χ0) is 42.6. The van der Waals surface area contributed by atoms with Gasteiger partial charge in [0.05, 0.1) is 22.1 Å². The largest absolute Gasteiger partial charge is 0.456 e. The smallest absolute Gasteiger partial charge is 0.137 e. The number of para-hydroxylation sites is 2. The fourth-order valence-electron chi connectivity index (χ4n) is 13.4. The number of furan rings is 1. The van der Waals surface area contributed by atoms with Crippen molar-refractivity contribution >= 4 is 71.6 Å². The highest BCUT2D eigenvalue weighted by Gasteiger charge is 2.51. The van der Waals surface area contributed by atoms with Crippen molar-refractivity contribution < 1.29 is 4.42 Å². The minimum absolute atomic E-state index is 0.311. The van der Waals surface area contributed by atoms with Crippen LogP contribution in [0, 0.1) is 17.8 Å². The zero-order valence-electron chi connectivity index (χ0n) is 36.3. The average Bonchev–Trinajstić information content (AvgIpc) is 3.90. The molecule has 9 aromatic carbocycles. The third-order valence-corrected chi connectivity index (χ3v) is 15.7. The van der Waals surface area contributed by atoms with Crippen LogP contribution in [-0.2, 0) is 5.41 Å². The molecule has 4 aliphatic carbocycles. The molecule has 0 radical (unpaired) electrons. The second kappa shape index (κ2) is 14.3. The molecule has 0 amide bonds. The van der Waals surface area contributed by atoms with Crippen LogP contribution in [0.4, 0.5) is 17.1 Å². The van der Waals surface area contributed by atoms with Crippen LogP contribution < -0.4 is 4.90 Å². The first-order valence-corrected chi connectivity index (χ1v) is 23.7. The van der Waals surface area contributed by atoms with Crippen molar-refractivity contribution in [2.24, 2.45) is 17.8 Å². The lowest BCUT2D eigenvalue weighted by Crippen LogP contribution is -2.48. The molecule has 312 valence electrons. The maximum Gasteiger partial charge on any atom is 0.137 e. The first kappa shape index (κ1) is 37.1. The zero-order valence-corrected chi connectivity index (χ0v) is 36.3. The molecule has 15 rings (SSSR count). The molecular formula is C62H48N2O. The van der Waals surface area contributed by atoms with Gasteiger partial charge in [-0.25, -0.2) is 0 Å². The monoisotopic (exact) mass is 836 g/mol. The Labute approximate surface area is 379 Å². The van der Waals surface area contributed by atoms with Crippen LogP contribution in [0.25, 0.3) is 82.5 Å². The minimum Gasteiger partial charge on any atom is -0.456 e. The quantitative estimate of drug-likeness (QED) is 0.159. The molecule has 3 nitrogen and oxygen atoms in total. The van der Waals surface area contributed by atoms with Gasteiger partial charge in [-0.3, -0.25) is 0 Å². The lowest BCUT2D eigenvalue weighted by molar-refractivity contribution is -0.00513. The van der Waals surface area contributed by atoms with Gasteiger partial charge in [0, 0.05) is 33.2 Å². The van der Waals surface area contributed by atoms with Crippen molar-refractivity contribution in [3.63, 3.8) is 0 Å². The first-order chi connectivity index (χ1) is 32.1. The molecule has 11 aromatic rings. The summed E-state index contributed by atoms with van der Waals surface area (Å²) < 4.78 is 9.11. The van der Waals surface area contributed by atoms with E-state index < -0.39 is 0 Å². The summed E-state index contributed by atoms with van der Waals surface area (Å²) in [7, 11) is 0. The van der Waals surface area contributed by atoms with Crippen LogP contribution in [0.15, 0.2) is 205 Å². The van der Waals surface area contributed by atoms with Crippen molar-refractivity contribution in [3.05, 3.63) is 206 Å². The van der Waals surface area contributed by atoms with E-state index in [4.69, 9.17) is 4.42 Å². The number of rotatable bonds is 7. The van der Waals surface area contributed by atoms with Gasteiger partial charge >= 0.3 is 0 Å². The molecule has 0 atom stereocenters. The molecule has 2 aromatic heterocycles. The summed E-state index contributed by atoms with van der Waals surface area (Å²) in [5.74, 6) is 2.69. The van der Waals surface area contributed by atoms with E-state index in [0.717, 1.165) is 56.8 Å². The van der Waals surface area contributed by atoms with Gasteiger partial charge in [0.1, 0.15) is 11.2 Å². The summed E-state index contributed by atoms with van der Waals surface area (Å²) in [6, 6.07) is 74.0. The highest BCUT2D eigenvalue weighted by molar-refractivity contribution is 6.15. The molecule has 0 N–H and O–H groups in total. The van der Waals surface area contributed by atoms with E-state index in [1.807, 2.05) is 0 Å². The maximum atomic E-state index is 6.57. The Morgan fingerprint density at radius 3 is 1.82 bits per heavy atom. The summed E-state index contributed by atoms with van der Waals surface area (Å²) in [5, 5.41) is 7.28. The predicted octanol–water partition coefficient (Wildman–Crippen LogP) is 17.1. The topological polar surface area (TPSA) is 21.3 Å². The normalized spacial score (nSPS) is 20.2. The van der Waals surface area contributed by atoms with Crippen molar-refractivity contribution in [3.8, 4) is 27.9 Å². The maximum absolute atomic E-state index is 6.57. The summed E-state index contributed by atoms with van der Waals surface area (Å²) in [6.07, 6.45) is 8.42. The third kappa shape index (κ3) is 5.81. The van der Waals surface area contributed by atoms with Crippen LogP contribution in [0.1, 0.15) is 44.1 Å². The van der Waals surface area contributed by atoms with E-state index in [0.29, 0.717) is 5.41 Å². The van der Waals surface area contributed by atoms with Gasteiger partial charge < -0.3 is 13.9 Å². The lowest BCUT2D eigenvalue weighted by Gasteiger charge is -2.57. The molecule has 2 heterocycles. The predicted molar refractivity (Wildman–Crippen MR) is 271 cm³/mol. The molecule has 4 bridgehead atoms. The molecule has 0 spiro atoms. The molecule has 0 saturated heterocycles. The van der Waals surface area contributed by atoms with Crippen molar-refractivity contribution in [2.75, 3.05) is 4.90 Å². The summed E-state index contributed by atoms with van der Waals surface area (Å²) in [5.41, 5.74) is 15.4. The van der Waals surface area contributed by atoms with Crippen LogP contribution in [0.3, 0.4) is 0 Å². The highest BCUT2D eigenvalue weighted by Crippen LogP contribution is 2.61. The number of nitrogens with zero attached hydrogens (tertiary/aromatic N) is 2. The third-order valence-electron chi connectivity index (χ3n) is 15.7. The molecule has 3 heteroatoms. The number of benzene rings is 9. The fourth-order valence-corrected chi connectivity index (χ4v) is 13.4. The molecule has 4 saturated carbocycles. The van der Waals surface area contributed by atoms with Gasteiger partial charge in [-0.05, 0) is 161 Å². The van der Waals surface area contributed by atoms with Gasteiger partial charge in [-0.15, -0.1) is 0 Å². The average molecular weight is 837 g/mol. The summed E-state index contributed by atoms with van der Waals surface area (Å²) >= 11 is 0. The molecular weight excluding hydrogens is 789 g/mol. The number of fused-ring (bicyclic) bond motifs is 7. The fraction of sp³-hybridized carbons (Fsp3) is 0.161. The minimum atomic E-state index is 0.311. The van der Waals surface area contributed by atoms with Gasteiger partial charge in [-0.1, -0.05) is 140 Å². The van der Waals surface area contributed by atoms with Crippen LogP contribution in [0.5, 0.6) is 0 Å². The standard InChI is InChI=1S/C62H48N2O/c1-3-13-43(14-4-1)50-22-10-15-44-16-11-23-51(60(44)50)45-17-9-20-48(34-45)63(55-24-12-26-59-61(55)54-21-7-8-25-58(54)65-59)49-28-30-53-52-29-27-46(62-37-40-31-41(38-62)33-42(32-40)39-62)35-56(52)64(57(53)36-49)47-18-5-2-6-19-47/h1-30,34-36,40-42H,31-33,37-39H2.